The van der Waals surface area contributed by atoms with Gasteiger partial charge in [-0.15, -0.1) is 13.2 Å². The summed E-state index contributed by atoms with van der Waals surface area (Å²) in [5.41, 5.74) is -0.710. The van der Waals surface area contributed by atoms with Gasteiger partial charge < -0.3 is 9.84 Å². The summed E-state index contributed by atoms with van der Waals surface area (Å²) in [6.45, 7) is 0. The molecule has 1 N–H and O–H groups in total. The number of hydrogen-bond donors (Lipinski definition) is 1. The quantitative estimate of drug-likeness (QED) is 0.791. The fraction of sp³-hybridized carbons (Fsp3) is 0.143. The zero-order chi connectivity index (χ0) is 16.5. The van der Waals surface area contributed by atoms with Gasteiger partial charge in [0.25, 0.3) is 0 Å². The maximum Gasteiger partial charge on any atom is 0.573 e. The van der Waals surface area contributed by atoms with Crippen LogP contribution >= 0.6 is 0 Å². The average Bonchev–Trinajstić information content (AvgIpc) is 2.37. The van der Waals surface area contributed by atoms with Crippen molar-refractivity contribution in [1.82, 2.24) is 0 Å². The molecule has 0 aliphatic carbocycles. The number of aromatic hydroxyl groups is 1. The Morgan fingerprint density at radius 2 is 1.41 bits per heavy atom. The third-order valence-electron chi connectivity index (χ3n) is 2.72. The molecule has 118 valence electrons. The summed E-state index contributed by atoms with van der Waals surface area (Å²) in [6, 6.07) is 6.76. The van der Waals surface area contributed by atoms with Gasteiger partial charge in [0.2, 0.25) is 0 Å². The molecule has 0 heterocycles. The summed E-state index contributed by atoms with van der Waals surface area (Å²) < 4.78 is 77.2. The van der Waals surface area contributed by atoms with Gasteiger partial charge in [0.15, 0.2) is 0 Å². The highest BCUT2D eigenvalue weighted by molar-refractivity contribution is 5.71. The highest BCUT2D eigenvalue weighted by Gasteiger charge is 2.32. The van der Waals surface area contributed by atoms with Crippen LogP contribution in [-0.2, 0) is 6.18 Å². The second-order valence-electron chi connectivity index (χ2n) is 4.30. The van der Waals surface area contributed by atoms with Gasteiger partial charge in [-0.25, -0.2) is 0 Å². The number of halogens is 6. The summed E-state index contributed by atoms with van der Waals surface area (Å²) in [5, 5.41) is 9.65. The number of benzene rings is 2. The summed E-state index contributed by atoms with van der Waals surface area (Å²) in [6.07, 6.45) is -9.43. The van der Waals surface area contributed by atoms with Crippen LogP contribution < -0.4 is 4.74 Å². The molecule has 0 fully saturated rings. The SMILES string of the molecule is Oc1cc(C(F)(F)F)ccc1-c1ccc(OC(F)(F)F)cc1. The third-order valence-corrected chi connectivity index (χ3v) is 2.72. The van der Waals surface area contributed by atoms with E-state index < -0.39 is 29.6 Å². The summed E-state index contributed by atoms with van der Waals surface area (Å²) in [5.74, 6) is -1.10. The fourth-order valence-electron chi connectivity index (χ4n) is 1.79. The van der Waals surface area contributed by atoms with Gasteiger partial charge in [0.05, 0.1) is 5.56 Å². The number of phenolic OH excluding ortho intramolecular Hbond substituents is 1. The van der Waals surface area contributed by atoms with Gasteiger partial charge in [-0.1, -0.05) is 18.2 Å². The molecule has 0 aromatic heterocycles. The molecule has 2 rings (SSSR count). The molecule has 2 nitrogen and oxygen atoms in total. The van der Waals surface area contributed by atoms with E-state index in [-0.39, 0.29) is 11.1 Å². The Hall–Kier alpha value is -2.38. The molecule has 0 aliphatic rings. The van der Waals surface area contributed by atoms with Crippen molar-refractivity contribution in [3.63, 3.8) is 0 Å². The van der Waals surface area contributed by atoms with Crippen molar-refractivity contribution in [2.45, 2.75) is 12.5 Å². The number of hydrogen-bond acceptors (Lipinski definition) is 2. The minimum absolute atomic E-state index is 0.0616. The minimum atomic E-state index is -4.84. The predicted molar refractivity (Wildman–Crippen MR) is 65.2 cm³/mol. The van der Waals surface area contributed by atoms with E-state index in [1.54, 1.807) is 0 Å². The Balaban J connectivity index is 2.29. The first-order valence-corrected chi connectivity index (χ1v) is 5.83. The number of ether oxygens (including phenoxy) is 1. The fourth-order valence-corrected chi connectivity index (χ4v) is 1.79. The molecular formula is C14H8F6O2. The summed E-state index contributed by atoms with van der Waals surface area (Å²) in [7, 11) is 0. The lowest BCUT2D eigenvalue weighted by atomic mass is 10.0. The highest BCUT2D eigenvalue weighted by Crippen LogP contribution is 2.37. The molecule has 0 saturated carbocycles. The zero-order valence-electron chi connectivity index (χ0n) is 10.7. The maximum atomic E-state index is 12.5. The zero-order valence-corrected chi connectivity index (χ0v) is 10.7. The maximum absolute atomic E-state index is 12.5. The van der Waals surface area contributed by atoms with E-state index in [0.717, 1.165) is 24.3 Å². The molecule has 0 unspecified atom stereocenters. The monoisotopic (exact) mass is 322 g/mol. The number of phenols is 1. The lowest BCUT2D eigenvalue weighted by Crippen LogP contribution is -2.16. The van der Waals surface area contributed by atoms with Crippen LogP contribution in [0.25, 0.3) is 11.1 Å². The molecule has 0 spiro atoms. The molecule has 22 heavy (non-hydrogen) atoms. The molecule has 2 aromatic carbocycles. The molecule has 0 saturated heterocycles. The number of alkyl halides is 6. The van der Waals surface area contributed by atoms with Gasteiger partial charge >= 0.3 is 12.5 Å². The topological polar surface area (TPSA) is 29.5 Å². The van der Waals surface area contributed by atoms with Crippen LogP contribution in [0.2, 0.25) is 0 Å². The largest absolute Gasteiger partial charge is 0.573 e. The minimum Gasteiger partial charge on any atom is -0.507 e. The Morgan fingerprint density at radius 3 is 1.86 bits per heavy atom. The lowest BCUT2D eigenvalue weighted by molar-refractivity contribution is -0.274. The summed E-state index contributed by atoms with van der Waals surface area (Å²) >= 11 is 0. The molecule has 0 radical (unpaired) electrons. The molecule has 0 amide bonds. The van der Waals surface area contributed by atoms with Gasteiger partial charge in [0, 0.05) is 5.56 Å². The first-order chi connectivity index (χ1) is 10.1. The van der Waals surface area contributed by atoms with Crippen LogP contribution in [-0.4, -0.2) is 11.5 Å². The first kappa shape index (κ1) is 16.0. The van der Waals surface area contributed by atoms with Gasteiger partial charge in [-0.3, -0.25) is 0 Å². The van der Waals surface area contributed by atoms with E-state index in [2.05, 4.69) is 4.74 Å². The van der Waals surface area contributed by atoms with Crippen LogP contribution in [0.4, 0.5) is 26.3 Å². The van der Waals surface area contributed by atoms with E-state index in [4.69, 9.17) is 0 Å². The highest BCUT2D eigenvalue weighted by atomic mass is 19.4. The van der Waals surface area contributed by atoms with E-state index in [9.17, 15) is 31.4 Å². The molecule has 2 aromatic rings. The van der Waals surface area contributed by atoms with Crippen molar-refractivity contribution in [1.29, 1.82) is 0 Å². The predicted octanol–water partition coefficient (Wildman–Crippen LogP) is 4.98. The van der Waals surface area contributed by atoms with Crippen LogP contribution in [0.3, 0.4) is 0 Å². The number of rotatable bonds is 2. The molecule has 0 aliphatic heterocycles. The molecule has 0 atom stereocenters. The van der Waals surface area contributed by atoms with Crippen molar-refractivity contribution in [2.24, 2.45) is 0 Å². The third kappa shape index (κ3) is 3.84. The lowest BCUT2D eigenvalue weighted by Gasteiger charge is -2.11. The van der Waals surface area contributed by atoms with E-state index >= 15 is 0 Å². The average molecular weight is 322 g/mol. The van der Waals surface area contributed by atoms with E-state index in [1.165, 1.54) is 12.1 Å². The van der Waals surface area contributed by atoms with Crippen molar-refractivity contribution >= 4 is 0 Å². The van der Waals surface area contributed by atoms with Crippen LogP contribution in [0.15, 0.2) is 42.5 Å². The van der Waals surface area contributed by atoms with Gasteiger partial charge in [-0.05, 0) is 29.8 Å². The Kier molecular flexibility index (Phi) is 3.95. The normalized spacial score (nSPS) is 12.3. The first-order valence-electron chi connectivity index (χ1n) is 5.83. The van der Waals surface area contributed by atoms with E-state index in [0.29, 0.717) is 6.07 Å². The summed E-state index contributed by atoms with van der Waals surface area (Å²) in [4.78, 5) is 0. The van der Waals surface area contributed by atoms with Gasteiger partial charge in [-0.2, -0.15) is 13.2 Å². The molecule has 8 heteroatoms. The van der Waals surface area contributed by atoms with Crippen LogP contribution in [0.5, 0.6) is 11.5 Å². The van der Waals surface area contributed by atoms with Crippen molar-refractivity contribution < 1.29 is 36.2 Å². The van der Waals surface area contributed by atoms with Gasteiger partial charge in [0.1, 0.15) is 11.5 Å². The van der Waals surface area contributed by atoms with Crippen molar-refractivity contribution in [3.05, 3.63) is 48.0 Å². The Labute approximate surface area is 120 Å². The standard InChI is InChI=1S/C14H8F6O2/c15-13(16,17)9-3-6-11(12(21)7-9)8-1-4-10(5-2-8)22-14(18,19)20/h1-7,21H. The second kappa shape index (κ2) is 5.43. The van der Waals surface area contributed by atoms with Crippen molar-refractivity contribution in [3.8, 4) is 22.6 Å². The molecule has 0 bridgehead atoms. The van der Waals surface area contributed by atoms with Crippen molar-refractivity contribution in [2.75, 3.05) is 0 Å². The van der Waals surface area contributed by atoms with E-state index in [1.807, 2.05) is 0 Å². The molecular weight excluding hydrogens is 314 g/mol. The second-order valence-corrected chi connectivity index (χ2v) is 4.30. The van der Waals surface area contributed by atoms with Crippen LogP contribution in [0.1, 0.15) is 5.56 Å². The van der Waals surface area contributed by atoms with Crippen LogP contribution in [0, 0.1) is 0 Å². The Bertz CT molecular complexity index is 659. The smallest absolute Gasteiger partial charge is 0.507 e. The Morgan fingerprint density at radius 1 is 0.818 bits per heavy atom.